The Morgan fingerprint density at radius 2 is 1.91 bits per heavy atom. The van der Waals surface area contributed by atoms with Gasteiger partial charge in [0.25, 0.3) is 5.91 Å². The van der Waals surface area contributed by atoms with Crippen LogP contribution in [0.2, 0.25) is 0 Å². The molecule has 1 aromatic heterocycles. The molecule has 0 aliphatic carbocycles. The molecular formula is C17H20N2O2S. The average molecular weight is 316 g/mol. The van der Waals surface area contributed by atoms with E-state index in [0.717, 1.165) is 5.56 Å². The fourth-order valence-corrected chi connectivity index (χ4v) is 2.68. The molecule has 0 bridgehead atoms. The predicted octanol–water partition coefficient (Wildman–Crippen LogP) is 3.05. The molecular weight excluding hydrogens is 296 g/mol. The van der Waals surface area contributed by atoms with Gasteiger partial charge in [-0.15, -0.1) is 11.3 Å². The molecule has 1 heterocycles. The van der Waals surface area contributed by atoms with Crippen molar-refractivity contribution in [3.05, 3.63) is 57.8 Å². The molecule has 2 aromatic rings. The summed E-state index contributed by atoms with van der Waals surface area (Å²) in [5.74, 6) is -0.200. The van der Waals surface area contributed by atoms with Gasteiger partial charge >= 0.3 is 0 Å². The number of nitrogens with one attached hydrogen (secondary N) is 2. The van der Waals surface area contributed by atoms with E-state index < -0.39 is 0 Å². The zero-order valence-corrected chi connectivity index (χ0v) is 13.6. The summed E-state index contributed by atoms with van der Waals surface area (Å²) < 4.78 is 0. The van der Waals surface area contributed by atoms with Crippen LogP contribution in [0, 0.1) is 6.92 Å². The highest BCUT2D eigenvalue weighted by molar-refractivity contribution is 7.12. The molecule has 1 aromatic carbocycles. The van der Waals surface area contributed by atoms with Crippen LogP contribution in [0.1, 0.15) is 40.2 Å². The molecule has 2 N–H and O–H groups in total. The lowest BCUT2D eigenvalue weighted by Gasteiger charge is -2.14. The van der Waals surface area contributed by atoms with Crippen molar-refractivity contribution < 1.29 is 9.59 Å². The third-order valence-corrected chi connectivity index (χ3v) is 4.21. The van der Waals surface area contributed by atoms with Crippen molar-refractivity contribution in [2.45, 2.75) is 26.3 Å². The summed E-state index contributed by atoms with van der Waals surface area (Å²) in [6.45, 7) is 4.32. The summed E-state index contributed by atoms with van der Waals surface area (Å²) in [5, 5.41) is 7.54. The van der Waals surface area contributed by atoms with Gasteiger partial charge in [-0.3, -0.25) is 9.59 Å². The summed E-state index contributed by atoms with van der Waals surface area (Å²) in [7, 11) is 0. The Hall–Kier alpha value is -2.14. The highest BCUT2D eigenvalue weighted by Gasteiger charge is 2.10. The third kappa shape index (κ3) is 4.70. The Morgan fingerprint density at radius 3 is 2.55 bits per heavy atom. The maximum atomic E-state index is 11.9. The van der Waals surface area contributed by atoms with E-state index in [-0.39, 0.29) is 24.3 Å². The highest BCUT2D eigenvalue weighted by Crippen LogP contribution is 2.13. The van der Waals surface area contributed by atoms with Crippen LogP contribution in [0.4, 0.5) is 0 Å². The molecule has 0 saturated carbocycles. The van der Waals surface area contributed by atoms with Gasteiger partial charge in [-0.25, -0.2) is 0 Å². The maximum absolute atomic E-state index is 11.9. The van der Waals surface area contributed by atoms with Crippen LogP contribution in [0.3, 0.4) is 0 Å². The van der Waals surface area contributed by atoms with Gasteiger partial charge in [0.05, 0.1) is 10.9 Å². The number of benzene rings is 1. The van der Waals surface area contributed by atoms with Gasteiger partial charge in [-0.05, 0) is 30.9 Å². The Labute approximate surface area is 134 Å². The minimum atomic E-state index is -0.130. The number of carbonyl (C=O) groups excluding carboxylic acids is 2. The topological polar surface area (TPSA) is 58.2 Å². The molecule has 22 heavy (non-hydrogen) atoms. The maximum Gasteiger partial charge on any atom is 0.261 e. The van der Waals surface area contributed by atoms with E-state index in [0.29, 0.717) is 11.4 Å². The first-order valence-electron chi connectivity index (χ1n) is 7.24. The van der Waals surface area contributed by atoms with Crippen molar-refractivity contribution in [3.8, 4) is 0 Å². The first-order valence-corrected chi connectivity index (χ1v) is 8.12. The Morgan fingerprint density at radius 1 is 1.18 bits per heavy atom. The minimum absolute atomic E-state index is 0.0407. The van der Waals surface area contributed by atoms with Crippen LogP contribution in [0.25, 0.3) is 0 Å². The van der Waals surface area contributed by atoms with E-state index in [1.54, 1.807) is 6.07 Å². The van der Waals surface area contributed by atoms with E-state index in [1.165, 1.54) is 16.9 Å². The lowest BCUT2D eigenvalue weighted by molar-refractivity contribution is -0.121. The predicted molar refractivity (Wildman–Crippen MR) is 89.0 cm³/mol. The van der Waals surface area contributed by atoms with Crippen molar-refractivity contribution in [1.29, 1.82) is 0 Å². The van der Waals surface area contributed by atoms with Gasteiger partial charge in [0, 0.05) is 13.0 Å². The summed E-state index contributed by atoms with van der Waals surface area (Å²) in [4.78, 5) is 24.3. The van der Waals surface area contributed by atoms with Gasteiger partial charge in [0.2, 0.25) is 5.91 Å². The van der Waals surface area contributed by atoms with Gasteiger partial charge in [0.1, 0.15) is 0 Å². The highest BCUT2D eigenvalue weighted by atomic mass is 32.1. The van der Waals surface area contributed by atoms with Crippen LogP contribution in [0.15, 0.2) is 41.8 Å². The molecule has 0 spiro atoms. The average Bonchev–Trinajstić information content (AvgIpc) is 3.02. The van der Waals surface area contributed by atoms with Crippen molar-refractivity contribution in [1.82, 2.24) is 10.6 Å². The molecule has 0 aliphatic heterocycles. The van der Waals surface area contributed by atoms with E-state index >= 15 is 0 Å². The zero-order valence-electron chi connectivity index (χ0n) is 12.8. The summed E-state index contributed by atoms with van der Waals surface area (Å²) >= 11 is 1.39. The number of hydrogen-bond acceptors (Lipinski definition) is 3. The second-order valence-electron chi connectivity index (χ2n) is 5.18. The molecule has 4 nitrogen and oxygen atoms in total. The molecule has 2 amide bonds. The summed E-state index contributed by atoms with van der Waals surface area (Å²) in [5.41, 5.74) is 2.26. The van der Waals surface area contributed by atoms with E-state index in [4.69, 9.17) is 0 Å². The van der Waals surface area contributed by atoms with Crippen molar-refractivity contribution >= 4 is 23.2 Å². The SMILES string of the molecule is Cc1ccc(C(C)NC(=O)CCNC(=O)c2cccs2)cc1. The Bertz CT molecular complexity index is 621. The van der Waals surface area contributed by atoms with Crippen LogP contribution in [-0.4, -0.2) is 18.4 Å². The summed E-state index contributed by atoms with van der Waals surface area (Å²) in [6.07, 6.45) is 0.271. The Balaban J connectivity index is 1.73. The quantitative estimate of drug-likeness (QED) is 0.860. The number of aryl methyl sites for hydroxylation is 1. The molecule has 0 aliphatic rings. The standard InChI is InChI=1S/C17H20N2O2S/c1-12-5-7-14(8-6-12)13(2)19-16(20)9-10-18-17(21)15-4-3-11-22-15/h3-8,11,13H,9-10H2,1-2H3,(H,18,21)(H,19,20). The first-order chi connectivity index (χ1) is 10.6. The third-order valence-electron chi connectivity index (χ3n) is 3.34. The largest absolute Gasteiger partial charge is 0.351 e. The van der Waals surface area contributed by atoms with Gasteiger partial charge < -0.3 is 10.6 Å². The molecule has 2 rings (SSSR count). The molecule has 1 atom stereocenters. The molecule has 0 saturated heterocycles. The number of amides is 2. The number of carbonyl (C=O) groups is 2. The monoisotopic (exact) mass is 316 g/mol. The number of thiophene rings is 1. The lowest BCUT2D eigenvalue weighted by atomic mass is 10.1. The van der Waals surface area contributed by atoms with Crippen molar-refractivity contribution in [2.24, 2.45) is 0 Å². The fraction of sp³-hybridized carbons (Fsp3) is 0.294. The summed E-state index contributed by atoms with van der Waals surface area (Å²) in [6, 6.07) is 11.6. The molecule has 116 valence electrons. The number of rotatable bonds is 6. The normalized spacial score (nSPS) is 11.7. The van der Waals surface area contributed by atoms with Gasteiger partial charge in [-0.1, -0.05) is 35.9 Å². The van der Waals surface area contributed by atoms with Crippen LogP contribution in [-0.2, 0) is 4.79 Å². The lowest BCUT2D eigenvalue weighted by Crippen LogP contribution is -2.31. The second-order valence-corrected chi connectivity index (χ2v) is 6.13. The van der Waals surface area contributed by atoms with Crippen LogP contribution < -0.4 is 10.6 Å². The van der Waals surface area contributed by atoms with Crippen molar-refractivity contribution in [2.75, 3.05) is 6.54 Å². The Kier molecular flexibility index (Phi) is 5.72. The van der Waals surface area contributed by atoms with Crippen LogP contribution >= 0.6 is 11.3 Å². The second kappa shape index (κ2) is 7.75. The molecule has 5 heteroatoms. The molecule has 0 radical (unpaired) electrons. The first kappa shape index (κ1) is 16.2. The van der Waals surface area contributed by atoms with Crippen molar-refractivity contribution in [3.63, 3.8) is 0 Å². The zero-order chi connectivity index (χ0) is 15.9. The number of hydrogen-bond donors (Lipinski definition) is 2. The fourth-order valence-electron chi connectivity index (χ4n) is 2.04. The minimum Gasteiger partial charge on any atom is -0.351 e. The molecule has 0 fully saturated rings. The van der Waals surface area contributed by atoms with E-state index in [1.807, 2.05) is 49.6 Å². The van der Waals surface area contributed by atoms with E-state index in [2.05, 4.69) is 10.6 Å². The van der Waals surface area contributed by atoms with Gasteiger partial charge in [0.15, 0.2) is 0 Å². The van der Waals surface area contributed by atoms with Gasteiger partial charge in [-0.2, -0.15) is 0 Å². The van der Waals surface area contributed by atoms with Crippen LogP contribution in [0.5, 0.6) is 0 Å². The molecule has 1 unspecified atom stereocenters. The van der Waals surface area contributed by atoms with E-state index in [9.17, 15) is 9.59 Å². The smallest absolute Gasteiger partial charge is 0.261 e.